The minimum atomic E-state index is -0.122. The van der Waals surface area contributed by atoms with Gasteiger partial charge in [0.15, 0.2) is 0 Å². The zero-order chi connectivity index (χ0) is 14.7. The molecule has 0 atom stereocenters. The van der Waals surface area contributed by atoms with Crippen molar-refractivity contribution in [2.45, 2.75) is 6.92 Å². The number of nitrogens with zero attached hydrogens (tertiary/aromatic N) is 2. The van der Waals surface area contributed by atoms with Gasteiger partial charge in [0.25, 0.3) is 5.56 Å². The molecule has 2 aromatic heterocycles. The SMILES string of the molecule is Cc1ccc2nc3[nH]c4cc(Cl)c(Cl)cc4n3c(=O)c2c1. The Morgan fingerprint density at radius 1 is 1.14 bits per heavy atom. The van der Waals surface area contributed by atoms with Crippen LogP contribution < -0.4 is 5.56 Å². The molecule has 0 bridgehead atoms. The number of nitrogens with one attached hydrogen (secondary N) is 1. The molecule has 0 radical (unpaired) electrons. The van der Waals surface area contributed by atoms with Gasteiger partial charge in [-0.05, 0) is 31.2 Å². The number of aryl methyl sites for hydroxylation is 1. The van der Waals surface area contributed by atoms with Crippen LogP contribution in [0.2, 0.25) is 10.0 Å². The summed E-state index contributed by atoms with van der Waals surface area (Å²) in [5, 5.41) is 1.42. The van der Waals surface area contributed by atoms with E-state index in [9.17, 15) is 4.79 Å². The predicted octanol–water partition coefficient (Wildman–Crippen LogP) is 3.94. The molecular formula is C15H9Cl2N3O. The first-order chi connectivity index (χ1) is 10.0. The number of aromatic amines is 1. The maximum absolute atomic E-state index is 12.7. The molecule has 6 heteroatoms. The predicted molar refractivity (Wildman–Crippen MR) is 85.6 cm³/mol. The lowest BCUT2D eigenvalue weighted by molar-refractivity contribution is 1.12. The monoisotopic (exact) mass is 317 g/mol. The third-order valence-electron chi connectivity index (χ3n) is 3.55. The normalized spacial score (nSPS) is 11.8. The standard InChI is InChI=1S/C15H9Cl2N3O/c1-7-2-3-11-8(4-7)14(21)20-13-6-10(17)9(16)5-12(13)19-15(20)18-11/h2-6H,1H3,(H,18,19). The molecule has 0 aliphatic heterocycles. The molecule has 4 nitrogen and oxygen atoms in total. The van der Waals surface area contributed by atoms with Crippen LogP contribution in [-0.4, -0.2) is 14.4 Å². The molecular weight excluding hydrogens is 309 g/mol. The van der Waals surface area contributed by atoms with Gasteiger partial charge in [0, 0.05) is 0 Å². The van der Waals surface area contributed by atoms with Gasteiger partial charge in [-0.2, -0.15) is 0 Å². The Bertz CT molecular complexity index is 1100. The van der Waals surface area contributed by atoms with E-state index in [4.69, 9.17) is 23.2 Å². The van der Waals surface area contributed by atoms with E-state index in [1.807, 2.05) is 25.1 Å². The van der Waals surface area contributed by atoms with Crippen LogP contribution in [0.1, 0.15) is 5.56 Å². The van der Waals surface area contributed by atoms with Gasteiger partial charge in [-0.25, -0.2) is 9.38 Å². The van der Waals surface area contributed by atoms with E-state index < -0.39 is 0 Å². The van der Waals surface area contributed by atoms with Crippen molar-refractivity contribution in [3.8, 4) is 0 Å². The number of halogens is 2. The Kier molecular flexibility index (Phi) is 2.55. The Morgan fingerprint density at radius 2 is 1.90 bits per heavy atom. The number of hydrogen-bond acceptors (Lipinski definition) is 2. The lowest BCUT2D eigenvalue weighted by atomic mass is 10.2. The highest BCUT2D eigenvalue weighted by Gasteiger charge is 2.12. The van der Waals surface area contributed by atoms with E-state index >= 15 is 0 Å². The average molecular weight is 318 g/mol. The molecule has 4 aromatic rings. The number of fused-ring (bicyclic) bond motifs is 4. The quantitative estimate of drug-likeness (QED) is 0.534. The number of aromatic nitrogens is 3. The molecule has 0 saturated carbocycles. The molecule has 0 aliphatic carbocycles. The molecule has 0 spiro atoms. The molecule has 2 heterocycles. The molecule has 1 N–H and O–H groups in total. The second kappa shape index (κ2) is 4.23. The first kappa shape index (κ1) is 12.7. The van der Waals surface area contributed by atoms with E-state index in [1.165, 1.54) is 4.40 Å². The maximum atomic E-state index is 12.7. The first-order valence-corrected chi connectivity index (χ1v) is 7.10. The summed E-state index contributed by atoms with van der Waals surface area (Å²) in [5.74, 6) is 0.477. The number of imidazole rings is 1. The second-order valence-electron chi connectivity index (χ2n) is 5.01. The van der Waals surface area contributed by atoms with Crippen molar-refractivity contribution in [2.75, 3.05) is 0 Å². The highest BCUT2D eigenvalue weighted by Crippen LogP contribution is 2.27. The van der Waals surface area contributed by atoms with Crippen molar-refractivity contribution in [1.82, 2.24) is 14.4 Å². The minimum absolute atomic E-state index is 0.122. The van der Waals surface area contributed by atoms with E-state index in [0.29, 0.717) is 32.2 Å². The molecule has 21 heavy (non-hydrogen) atoms. The molecule has 2 aromatic carbocycles. The van der Waals surface area contributed by atoms with Crippen LogP contribution in [0.3, 0.4) is 0 Å². The lowest BCUT2D eigenvalue weighted by Gasteiger charge is -2.01. The highest BCUT2D eigenvalue weighted by molar-refractivity contribution is 6.42. The molecule has 4 rings (SSSR count). The molecule has 0 amide bonds. The Labute approximate surface area is 128 Å². The van der Waals surface area contributed by atoms with Gasteiger partial charge in [-0.15, -0.1) is 0 Å². The summed E-state index contributed by atoms with van der Waals surface area (Å²) in [6, 6.07) is 8.99. The Balaban J connectivity index is 2.29. The van der Waals surface area contributed by atoms with Crippen molar-refractivity contribution in [2.24, 2.45) is 0 Å². The summed E-state index contributed by atoms with van der Waals surface area (Å²) < 4.78 is 1.53. The largest absolute Gasteiger partial charge is 0.323 e. The molecule has 0 aliphatic rings. The molecule has 104 valence electrons. The maximum Gasteiger partial charge on any atom is 0.267 e. The van der Waals surface area contributed by atoms with E-state index in [1.54, 1.807) is 12.1 Å². The van der Waals surface area contributed by atoms with Crippen LogP contribution in [0.15, 0.2) is 35.1 Å². The van der Waals surface area contributed by atoms with Crippen molar-refractivity contribution in [3.63, 3.8) is 0 Å². The van der Waals surface area contributed by atoms with Crippen molar-refractivity contribution < 1.29 is 0 Å². The summed E-state index contributed by atoms with van der Waals surface area (Å²) in [7, 11) is 0. The van der Waals surface area contributed by atoms with Crippen LogP contribution in [0.5, 0.6) is 0 Å². The second-order valence-corrected chi connectivity index (χ2v) is 5.82. The Hall–Kier alpha value is -2.04. The molecule has 0 fully saturated rings. The summed E-state index contributed by atoms with van der Waals surface area (Å²) in [6.07, 6.45) is 0. The summed E-state index contributed by atoms with van der Waals surface area (Å²) in [6.45, 7) is 1.94. The van der Waals surface area contributed by atoms with Crippen molar-refractivity contribution in [1.29, 1.82) is 0 Å². The summed E-state index contributed by atoms with van der Waals surface area (Å²) in [4.78, 5) is 20.3. The summed E-state index contributed by atoms with van der Waals surface area (Å²) >= 11 is 12.1. The van der Waals surface area contributed by atoms with Gasteiger partial charge >= 0.3 is 0 Å². The summed E-state index contributed by atoms with van der Waals surface area (Å²) in [5.41, 5.74) is 2.95. The van der Waals surface area contributed by atoms with Crippen LogP contribution >= 0.6 is 23.2 Å². The number of rotatable bonds is 0. The minimum Gasteiger partial charge on any atom is -0.323 e. The van der Waals surface area contributed by atoms with Gasteiger partial charge in [0.1, 0.15) is 0 Å². The topological polar surface area (TPSA) is 50.2 Å². The first-order valence-electron chi connectivity index (χ1n) is 6.34. The fourth-order valence-electron chi connectivity index (χ4n) is 2.55. The zero-order valence-electron chi connectivity index (χ0n) is 10.9. The van der Waals surface area contributed by atoms with E-state index in [0.717, 1.165) is 11.1 Å². The smallest absolute Gasteiger partial charge is 0.267 e. The van der Waals surface area contributed by atoms with E-state index in [-0.39, 0.29) is 5.56 Å². The van der Waals surface area contributed by atoms with E-state index in [2.05, 4.69) is 9.97 Å². The van der Waals surface area contributed by atoms with Crippen LogP contribution in [-0.2, 0) is 0 Å². The fraction of sp³-hybridized carbons (Fsp3) is 0.0667. The van der Waals surface area contributed by atoms with Crippen molar-refractivity contribution in [3.05, 3.63) is 56.3 Å². The number of benzene rings is 2. The fourth-order valence-corrected chi connectivity index (χ4v) is 2.87. The number of H-pyrrole nitrogens is 1. The average Bonchev–Trinajstić information content (AvgIpc) is 2.78. The van der Waals surface area contributed by atoms with Crippen LogP contribution in [0.25, 0.3) is 27.7 Å². The third kappa shape index (κ3) is 1.76. The highest BCUT2D eigenvalue weighted by atomic mass is 35.5. The molecule has 0 saturated heterocycles. The zero-order valence-corrected chi connectivity index (χ0v) is 12.5. The Morgan fingerprint density at radius 3 is 2.71 bits per heavy atom. The van der Waals surface area contributed by atoms with Gasteiger partial charge in [0.2, 0.25) is 5.78 Å². The van der Waals surface area contributed by atoms with Crippen LogP contribution in [0, 0.1) is 6.92 Å². The lowest BCUT2D eigenvalue weighted by Crippen LogP contribution is -2.14. The van der Waals surface area contributed by atoms with Crippen LogP contribution in [0.4, 0.5) is 0 Å². The van der Waals surface area contributed by atoms with Gasteiger partial charge in [-0.3, -0.25) is 4.79 Å². The van der Waals surface area contributed by atoms with Gasteiger partial charge in [-0.1, -0.05) is 34.8 Å². The van der Waals surface area contributed by atoms with Gasteiger partial charge < -0.3 is 4.98 Å². The van der Waals surface area contributed by atoms with Crippen molar-refractivity contribution >= 4 is 50.9 Å². The van der Waals surface area contributed by atoms with Gasteiger partial charge in [0.05, 0.1) is 32.0 Å². The molecule has 0 unspecified atom stereocenters. The number of hydrogen-bond donors (Lipinski definition) is 1. The third-order valence-corrected chi connectivity index (χ3v) is 4.27.